The van der Waals surface area contributed by atoms with Gasteiger partial charge < -0.3 is 11.1 Å². The Bertz CT molecular complexity index is 666. The Morgan fingerprint density at radius 1 is 1.25 bits per heavy atom. The lowest BCUT2D eigenvalue weighted by molar-refractivity contribution is 0.590. The Hall–Kier alpha value is -1.53. The van der Waals surface area contributed by atoms with E-state index >= 15 is 0 Å². The smallest absolute Gasteiger partial charge is 0.150 e. The van der Waals surface area contributed by atoms with Crippen LogP contribution in [0.25, 0.3) is 0 Å². The molecule has 2 nitrogen and oxygen atoms in total. The van der Waals surface area contributed by atoms with Crippen molar-refractivity contribution in [2.75, 3.05) is 5.32 Å². The number of anilines is 2. The lowest BCUT2D eigenvalue weighted by Gasteiger charge is -2.13. The van der Waals surface area contributed by atoms with E-state index < -0.39 is 11.6 Å². The normalized spacial score (nSPS) is 10.4. The van der Waals surface area contributed by atoms with Crippen molar-refractivity contribution in [2.45, 2.75) is 6.92 Å². The van der Waals surface area contributed by atoms with Crippen LogP contribution < -0.4 is 11.1 Å². The zero-order chi connectivity index (χ0) is 14.9. The lowest BCUT2D eigenvalue weighted by Crippen LogP contribution is -2.11. The minimum atomic E-state index is -0.743. The van der Waals surface area contributed by atoms with E-state index in [1.165, 1.54) is 0 Å². The molecule has 0 saturated carbocycles. The average molecular weight is 357 g/mol. The molecule has 0 aliphatic rings. The number of nitrogens with two attached hydrogens (primary N) is 1. The summed E-state index contributed by atoms with van der Waals surface area (Å²) in [6, 6.07) is 7.59. The average Bonchev–Trinajstić information content (AvgIpc) is 2.38. The van der Waals surface area contributed by atoms with Gasteiger partial charge in [0.25, 0.3) is 0 Å². The Kier molecular flexibility index (Phi) is 4.35. The molecule has 2 aromatic rings. The summed E-state index contributed by atoms with van der Waals surface area (Å²) in [6.07, 6.45) is 0. The molecule has 0 atom stereocenters. The highest BCUT2D eigenvalue weighted by Gasteiger charge is 2.14. The maximum absolute atomic E-state index is 14.0. The predicted octanol–water partition coefficient (Wildman–Crippen LogP) is 4.41. The summed E-state index contributed by atoms with van der Waals surface area (Å²) < 4.78 is 28.8. The second-order valence-corrected chi connectivity index (χ2v) is 5.51. The highest BCUT2D eigenvalue weighted by Crippen LogP contribution is 2.29. The van der Waals surface area contributed by atoms with Crippen molar-refractivity contribution in [3.05, 3.63) is 57.6 Å². The Labute approximate surface area is 129 Å². The zero-order valence-corrected chi connectivity index (χ0v) is 12.9. The van der Waals surface area contributed by atoms with E-state index in [9.17, 15) is 8.78 Å². The van der Waals surface area contributed by atoms with Crippen molar-refractivity contribution < 1.29 is 8.78 Å². The fourth-order valence-corrected chi connectivity index (χ4v) is 2.20. The van der Waals surface area contributed by atoms with Gasteiger partial charge in [-0.2, -0.15) is 0 Å². The monoisotopic (exact) mass is 356 g/mol. The van der Waals surface area contributed by atoms with Gasteiger partial charge in [-0.05, 0) is 36.8 Å². The van der Waals surface area contributed by atoms with Gasteiger partial charge in [0.2, 0.25) is 0 Å². The Balaban J connectivity index is 2.44. The minimum Gasteiger partial charge on any atom is -0.389 e. The molecule has 0 amide bonds. The second kappa shape index (κ2) is 5.85. The maximum Gasteiger partial charge on any atom is 0.150 e. The third-order valence-corrected chi connectivity index (χ3v) is 3.95. The van der Waals surface area contributed by atoms with Gasteiger partial charge in [0.05, 0.1) is 0 Å². The van der Waals surface area contributed by atoms with Crippen LogP contribution in [0, 0.1) is 18.6 Å². The van der Waals surface area contributed by atoms with Gasteiger partial charge in [-0.25, -0.2) is 8.78 Å². The Morgan fingerprint density at radius 2 is 1.85 bits per heavy atom. The topological polar surface area (TPSA) is 38.0 Å². The van der Waals surface area contributed by atoms with Crippen molar-refractivity contribution in [1.29, 1.82) is 0 Å². The number of hydrogen-bond donors (Lipinski definition) is 2. The SMILES string of the molecule is Cc1c(Br)cccc1Nc1c(F)cc(C(N)=S)cc1F. The number of rotatable bonds is 3. The molecule has 104 valence electrons. The molecular formula is C14H11BrF2N2S. The molecule has 0 unspecified atom stereocenters. The molecule has 0 saturated heterocycles. The first-order valence-electron chi connectivity index (χ1n) is 5.71. The van der Waals surface area contributed by atoms with Gasteiger partial charge in [0.1, 0.15) is 22.3 Å². The van der Waals surface area contributed by atoms with Crippen LogP contribution in [0.2, 0.25) is 0 Å². The van der Waals surface area contributed by atoms with E-state index in [-0.39, 0.29) is 16.2 Å². The largest absolute Gasteiger partial charge is 0.389 e. The number of hydrogen-bond acceptors (Lipinski definition) is 2. The molecule has 0 bridgehead atoms. The highest BCUT2D eigenvalue weighted by molar-refractivity contribution is 9.10. The number of nitrogens with one attached hydrogen (secondary N) is 1. The molecule has 0 fully saturated rings. The van der Waals surface area contributed by atoms with Gasteiger partial charge in [-0.1, -0.05) is 34.2 Å². The molecule has 0 radical (unpaired) electrons. The van der Waals surface area contributed by atoms with Crippen molar-refractivity contribution in [2.24, 2.45) is 5.73 Å². The summed E-state index contributed by atoms with van der Waals surface area (Å²) >= 11 is 8.08. The van der Waals surface area contributed by atoms with E-state index in [0.29, 0.717) is 5.69 Å². The molecule has 2 rings (SSSR count). The predicted molar refractivity (Wildman–Crippen MR) is 84.4 cm³/mol. The molecule has 3 N–H and O–H groups in total. The first-order valence-corrected chi connectivity index (χ1v) is 6.91. The van der Waals surface area contributed by atoms with Gasteiger partial charge in [-0.3, -0.25) is 0 Å². The van der Waals surface area contributed by atoms with Gasteiger partial charge in [-0.15, -0.1) is 0 Å². The molecule has 0 aliphatic carbocycles. The zero-order valence-electron chi connectivity index (χ0n) is 10.5. The van der Waals surface area contributed by atoms with Gasteiger partial charge >= 0.3 is 0 Å². The fourth-order valence-electron chi connectivity index (χ4n) is 1.71. The van der Waals surface area contributed by atoms with E-state index in [1.54, 1.807) is 12.1 Å². The van der Waals surface area contributed by atoms with Crippen LogP contribution in [-0.2, 0) is 0 Å². The van der Waals surface area contributed by atoms with Gasteiger partial charge in [0.15, 0.2) is 0 Å². The molecular weight excluding hydrogens is 346 g/mol. The summed E-state index contributed by atoms with van der Waals surface area (Å²) in [6.45, 7) is 1.84. The molecule has 0 spiro atoms. The van der Waals surface area contributed by atoms with E-state index in [4.69, 9.17) is 18.0 Å². The standard InChI is InChI=1S/C14H11BrF2N2S/c1-7-9(15)3-2-4-12(7)19-13-10(16)5-8(14(18)20)6-11(13)17/h2-6,19H,1H3,(H2,18,20). The number of benzene rings is 2. The molecule has 6 heteroatoms. The third-order valence-electron chi connectivity index (χ3n) is 2.85. The van der Waals surface area contributed by atoms with Crippen LogP contribution >= 0.6 is 28.1 Å². The van der Waals surface area contributed by atoms with Crippen molar-refractivity contribution >= 4 is 44.5 Å². The molecule has 0 aromatic heterocycles. The van der Waals surface area contributed by atoms with Crippen LogP contribution in [0.15, 0.2) is 34.8 Å². The summed E-state index contributed by atoms with van der Waals surface area (Å²) in [5, 5.41) is 2.75. The molecule has 0 heterocycles. The van der Waals surface area contributed by atoms with Crippen LogP contribution in [0.4, 0.5) is 20.2 Å². The summed E-state index contributed by atoms with van der Waals surface area (Å²) in [7, 11) is 0. The maximum atomic E-state index is 14.0. The van der Waals surface area contributed by atoms with Crippen LogP contribution in [0.5, 0.6) is 0 Å². The van der Waals surface area contributed by atoms with E-state index in [2.05, 4.69) is 21.2 Å². The molecule has 2 aromatic carbocycles. The highest BCUT2D eigenvalue weighted by atomic mass is 79.9. The second-order valence-electron chi connectivity index (χ2n) is 4.22. The van der Waals surface area contributed by atoms with Crippen LogP contribution in [0.1, 0.15) is 11.1 Å². The number of thiocarbonyl (C=S) groups is 1. The first kappa shape index (κ1) is 14.9. The third kappa shape index (κ3) is 2.96. The van der Waals surface area contributed by atoms with Crippen LogP contribution in [-0.4, -0.2) is 4.99 Å². The fraction of sp³-hybridized carbons (Fsp3) is 0.0714. The first-order chi connectivity index (χ1) is 9.40. The molecule has 0 aliphatic heterocycles. The van der Waals surface area contributed by atoms with Crippen LogP contribution in [0.3, 0.4) is 0 Å². The summed E-state index contributed by atoms with van der Waals surface area (Å²) in [4.78, 5) is -0.0482. The number of halogens is 3. The van der Waals surface area contributed by atoms with E-state index in [1.807, 2.05) is 13.0 Å². The van der Waals surface area contributed by atoms with Crippen molar-refractivity contribution in [3.63, 3.8) is 0 Å². The van der Waals surface area contributed by atoms with Crippen molar-refractivity contribution in [3.8, 4) is 0 Å². The Morgan fingerprint density at radius 3 is 2.40 bits per heavy atom. The quantitative estimate of drug-likeness (QED) is 0.799. The van der Waals surface area contributed by atoms with E-state index in [0.717, 1.165) is 22.2 Å². The summed E-state index contributed by atoms with van der Waals surface area (Å²) in [5.74, 6) is -1.49. The van der Waals surface area contributed by atoms with Gasteiger partial charge in [0, 0.05) is 15.7 Å². The minimum absolute atomic E-state index is 0.0482. The molecule has 20 heavy (non-hydrogen) atoms. The summed E-state index contributed by atoms with van der Waals surface area (Å²) in [5.41, 5.74) is 6.76. The van der Waals surface area contributed by atoms with Crippen molar-refractivity contribution in [1.82, 2.24) is 0 Å². The lowest BCUT2D eigenvalue weighted by atomic mass is 10.1.